The largest absolute Gasteiger partial charge is 0.441 e. The smallest absolute Gasteiger partial charge is 0.234 e. The fourth-order valence-electron chi connectivity index (χ4n) is 2.34. The van der Waals surface area contributed by atoms with Gasteiger partial charge in [-0.2, -0.15) is 0 Å². The summed E-state index contributed by atoms with van der Waals surface area (Å²) in [5.74, 6) is 2.42. The number of amides is 1. The van der Waals surface area contributed by atoms with Crippen LogP contribution in [0.4, 0.5) is 5.69 Å². The first-order valence-corrected chi connectivity index (χ1v) is 9.23. The van der Waals surface area contributed by atoms with Gasteiger partial charge < -0.3 is 9.73 Å². The maximum Gasteiger partial charge on any atom is 0.234 e. The molecule has 128 valence electrons. The van der Waals surface area contributed by atoms with Gasteiger partial charge in [-0.05, 0) is 38.1 Å². The highest BCUT2D eigenvalue weighted by Crippen LogP contribution is 2.24. The molecule has 3 aromatic rings. The first-order chi connectivity index (χ1) is 12.1. The third-order valence-electron chi connectivity index (χ3n) is 3.72. The molecule has 0 bridgehead atoms. The Balaban J connectivity index is 1.53. The van der Waals surface area contributed by atoms with Gasteiger partial charge >= 0.3 is 0 Å². The molecule has 0 saturated heterocycles. The number of carbonyl (C=O) groups excluding carboxylic acids is 1. The summed E-state index contributed by atoms with van der Waals surface area (Å²) in [4.78, 5) is 16.6. The van der Waals surface area contributed by atoms with Gasteiger partial charge in [-0.25, -0.2) is 4.98 Å². The summed E-state index contributed by atoms with van der Waals surface area (Å²) >= 11 is 1.52. The van der Waals surface area contributed by atoms with Crippen LogP contribution in [-0.4, -0.2) is 16.6 Å². The molecule has 0 radical (unpaired) electrons. The van der Waals surface area contributed by atoms with E-state index in [4.69, 9.17) is 4.42 Å². The Morgan fingerprint density at radius 2 is 1.80 bits per heavy atom. The van der Waals surface area contributed by atoms with Crippen LogP contribution in [0.25, 0.3) is 11.5 Å². The Labute approximate surface area is 151 Å². The van der Waals surface area contributed by atoms with Crippen LogP contribution in [0, 0.1) is 13.8 Å². The zero-order valence-corrected chi connectivity index (χ0v) is 15.1. The molecule has 5 heteroatoms. The van der Waals surface area contributed by atoms with Crippen molar-refractivity contribution in [1.82, 2.24) is 4.98 Å². The lowest BCUT2D eigenvalue weighted by atomic mass is 10.2. The van der Waals surface area contributed by atoms with Crippen molar-refractivity contribution in [2.75, 3.05) is 11.1 Å². The molecule has 1 amide bonds. The van der Waals surface area contributed by atoms with Crippen LogP contribution in [-0.2, 0) is 10.5 Å². The highest BCUT2D eigenvalue weighted by Gasteiger charge is 2.12. The standard InChI is InChI=1S/C20H20N2O2S/c1-14-8-10-17(11-9-14)21-19(23)13-25-12-18-15(2)24-20(22-18)16-6-4-3-5-7-16/h3-11H,12-13H2,1-2H3,(H,21,23). The molecule has 1 N–H and O–H groups in total. The number of benzene rings is 2. The first-order valence-electron chi connectivity index (χ1n) is 8.08. The highest BCUT2D eigenvalue weighted by molar-refractivity contribution is 7.99. The number of aromatic nitrogens is 1. The average Bonchev–Trinajstić information content (AvgIpc) is 2.99. The summed E-state index contributed by atoms with van der Waals surface area (Å²) in [6.07, 6.45) is 0. The molecule has 2 aromatic carbocycles. The van der Waals surface area contributed by atoms with Gasteiger partial charge in [0.05, 0.1) is 11.4 Å². The molecule has 0 aliphatic heterocycles. The second-order valence-electron chi connectivity index (χ2n) is 5.79. The maximum absolute atomic E-state index is 12.0. The van der Waals surface area contributed by atoms with E-state index in [1.54, 1.807) is 0 Å². The molecule has 0 aliphatic rings. The Kier molecular flexibility index (Phi) is 5.56. The summed E-state index contributed by atoms with van der Waals surface area (Å²) in [6.45, 7) is 3.92. The van der Waals surface area contributed by atoms with Crippen LogP contribution in [0.1, 0.15) is 17.0 Å². The van der Waals surface area contributed by atoms with Crippen LogP contribution in [0.2, 0.25) is 0 Å². The van der Waals surface area contributed by atoms with Crippen molar-refractivity contribution in [2.45, 2.75) is 19.6 Å². The van der Waals surface area contributed by atoms with E-state index in [0.717, 1.165) is 22.7 Å². The molecular formula is C20H20N2O2S. The second-order valence-corrected chi connectivity index (χ2v) is 6.78. The van der Waals surface area contributed by atoms with Crippen molar-refractivity contribution in [3.8, 4) is 11.5 Å². The molecule has 3 rings (SSSR count). The highest BCUT2D eigenvalue weighted by atomic mass is 32.2. The van der Waals surface area contributed by atoms with Gasteiger partial charge in [0, 0.05) is 17.0 Å². The quantitative estimate of drug-likeness (QED) is 0.690. The minimum absolute atomic E-state index is 0.0155. The van der Waals surface area contributed by atoms with Gasteiger partial charge in [-0.3, -0.25) is 4.79 Å². The normalized spacial score (nSPS) is 10.6. The fourth-order valence-corrected chi connectivity index (χ4v) is 3.16. The minimum atomic E-state index is -0.0155. The van der Waals surface area contributed by atoms with E-state index in [-0.39, 0.29) is 5.91 Å². The molecule has 1 heterocycles. The van der Waals surface area contributed by atoms with Crippen LogP contribution >= 0.6 is 11.8 Å². The first kappa shape index (κ1) is 17.3. The average molecular weight is 352 g/mol. The molecule has 0 fully saturated rings. The van der Waals surface area contributed by atoms with Crippen molar-refractivity contribution >= 4 is 23.4 Å². The lowest BCUT2D eigenvalue weighted by molar-refractivity contribution is -0.113. The molecule has 0 aliphatic carbocycles. The van der Waals surface area contributed by atoms with Crippen molar-refractivity contribution in [2.24, 2.45) is 0 Å². The summed E-state index contributed by atoms with van der Waals surface area (Å²) < 4.78 is 5.74. The number of oxazole rings is 1. The fraction of sp³-hybridized carbons (Fsp3) is 0.200. The summed E-state index contributed by atoms with van der Waals surface area (Å²) in [5, 5.41) is 2.90. The molecule has 0 saturated carbocycles. The van der Waals surface area contributed by atoms with E-state index in [2.05, 4.69) is 10.3 Å². The lowest BCUT2D eigenvalue weighted by Gasteiger charge is -2.05. The summed E-state index contributed by atoms with van der Waals surface area (Å²) in [5.41, 5.74) is 3.83. The number of thioether (sulfide) groups is 1. The number of anilines is 1. The number of rotatable bonds is 6. The predicted octanol–water partition coefficient (Wildman–Crippen LogP) is 4.83. The summed E-state index contributed by atoms with van der Waals surface area (Å²) in [7, 11) is 0. The number of nitrogens with zero attached hydrogens (tertiary/aromatic N) is 1. The van der Waals surface area contributed by atoms with Gasteiger partial charge in [-0.1, -0.05) is 35.9 Å². The van der Waals surface area contributed by atoms with Crippen LogP contribution < -0.4 is 5.32 Å². The van der Waals surface area contributed by atoms with Crippen LogP contribution in [0.15, 0.2) is 59.0 Å². The zero-order chi connectivity index (χ0) is 17.6. The monoisotopic (exact) mass is 352 g/mol. The number of aryl methyl sites for hydroxylation is 2. The van der Waals surface area contributed by atoms with Crippen molar-refractivity contribution in [1.29, 1.82) is 0 Å². The van der Waals surface area contributed by atoms with Crippen molar-refractivity contribution < 1.29 is 9.21 Å². The second kappa shape index (κ2) is 8.03. The molecule has 0 unspecified atom stereocenters. The van der Waals surface area contributed by atoms with Gasteiger partial charge in [0.15, 0.2) is 0 Å². The molecule has 1 aromatic heterocycles. The zero-order valence-electron chi connectivity index (χ0n) is 14.3. The van der Waals surface area contributed by atoms with Gasteiger partial charge in [0.1, 0.15) is 5.76 Å². The van der Waals surface area contributed by atoms with Crippen LogP contribution in [0.5, 0.6) is 0 Å². The Hall–Kier alpha value is -2.53. The number of hydrogen-bond acceptors (Lipinski definition) is 4. The van der Waals surface area contributed by atoms with E-state index in [1.807, 2.05) is 68.4 Å². The lowest BCUT2D eigenvalue weighted by Crippen LogP contribution is -2.14. The van der Waals surface area contributed by atoms with Gasteiger partial charge in [0.25, 0.3) is 0 Å². The SMILES string of the molecule is Cc1ccc(NC(=O)CSCc2nc(-c3ccccc3)oc2C)cc1. The van der Waals surface area contributed by atoms with E-state index in [0.29, 0.717) is 17.4 Å². The molecule has 4 nitrogen and oxygen atoms in total. The van der Waals surface area contributed by atoms with Crippen LogP contribution in [0.3, 0.4) is 0 Å². The number of hydrogen-bond donors (Lipinski definition) is 1. The third kappa shape index (κ3) is 4.73. The van der Waals surface area contributed by atoms with E-state index >= 15 is 0 Å². The Morgan fingerprint density at radius 3 is 2.52 bits per heavy atom. The minimum Gasteiger partial charge on any atom is -0.441 e. The number of nitrogens with one attached hydrogen (secondary N) is 1. The Morgan fingerprint density at radius 1 is 1.08 bits per heavy atom. The number of carbonyl (C=O) groups is 1. The molecular weight excluding hydrogens is 332 g/mol. The third-order valence-corrected chi connectivity index (χ3v) is 4.66. The summed E-state index contributed by atoms with van der Waals surface area (Å²) in [6, 6.07) is 17.6. The maximum atomic E-state index is 12.0. The van der Waals surface area contributed by atoms with Gasteiger partial charge in [-0.15, -0.1) is 11.8 Å². The van der Waals surface area contributed by atoms with E-state index in [9.17, 15) is 4.79 Å². The van der Waals surface area contributed by atoms with E-state index in [1.165, 1.54) is 17.3 Å². The molecule has 25 heavy (non-hydrogen) atoms. The van der Waals surface area contributed by atoms with Crippen molar-refractivity contribution in [3.05, 3.63) is 71.6 Å². The topological polar surface area (TPSA) is 55.1 Å². The molecule has 0 atom stereocenters. The van der Waals surface area contributed by atoms with Gasteiger partial charge in [0.2, 0.25) is 11.8 Å². The predicted molar refractivity (Wildman–Crippen MR) is 103 cm³/mol. The van der Waals surface area contributed by atoms with Crippen molar-refractivity contribution in [3.63, 3.8) is 0 Å². The Bertz CT molecular complexity index is 842. The van der Waals surface area contributed by atoms with E-state index < -0.39 is 0 Å². The molecule has 0 spiro atoms.